The summed E-state index contributed by atoms with van der Waals surface area (Å²) in [5.74, 6) is 1.30. The highest BCUT2D eigenvalue weighted by Gasteiger charge is 2.26. The largest absolute Gasteiger partial charge is 0.715 e. The number of rotatable bonds is 8. The molecule has 1 radical (unpaired) electrons. The Morgan fingerprint density at radius 2 is 1.69 bits per heavy atom. The molecule has 0 N–H and O–H groups in total. The smallest absolute Gasteiger partial charge is 0.253 e. The molecule has 0 saturated carbocycles. The van der Waals surface area contributed by atoms with Crippen LogP contribution in [0.15, 0.2) is 42.6 Å². The van der Waals surface area contributed by atoms with Crippen LogP contribution in [0, 0.1) is 11.8 Å². The van der Waals surface area contributed by atoms with E-state index in [0.717, 1.165) is 55.8 Å². The van der Waals surface area contributed by atoms with Gasteiger partial charge in [0.1, 0.15) is 11.4 Å². The van der Waals surface area contributed by atoms with Gasteiger partial charge in [-0.25, -0.2) is 4.39 Å². The number of nitrogens with zero attached hydrogens (tertiary/aromatic N) is 3. The van der Waals surface area contributed by atoms with E-state index in [4.69, 9.17) is 4.74 Å². The number of hydrogen-bond acceptors (Lipinski definition) is 5. The number of alkyl halides is 1. The maximum absolute atomic E-state index is 13.9. The monoisotopic (exact) mass is 607 g/mol. The number of carbonyl (C=O) groups excluding carboxylic acids is 2. The molecule has 0 aliphatic carbocycles. The van der Waals surface area contributed by atoms with Crippen molar-refractivity contribution in [3.63, 3.8) is 0 Å². The second-order valence-electron chi connectivity index (χ2n) is 10.6. The van der Waals surface area contributed by atoms with Crippen LogP contribution in [0.25, 0.3) is 11.3 Å². The van der Waals surface area contributed by atoms with Crippen LogP contribution in [0.4, 0.5) is 4.39 Å². The average molecular weight is 608 g/mol. The molecule has 6 nitrogen and oxygen atoms in total. The Balaban J connectivity index is 1.25. The summed E-state index contributed by atoms with van der Waals surface area (Å²) in [5, 5.41) is 0. The highest BCUT2D eigenvalue weighted by atomic mass is 127. The van der Waals surface area contributed by atoms with Crippen molar-refractivity contribution in [2.75, 3.05) is 39.3 Å². The number of halogens is 2. The van der Waals surface area contributed by atoms with Crippen LogP contribution in [0.5, 0.6) is 5.75 Å². The van der Waals surface area contributed by atoms with E-state index in [1.165, 1.54) is 0 Å². The maximum Gasteiger partial charge on any atom is 0.253 e. The molecule has 1 amide bonds. The summed E-state index contributed by atoms with van der Waals surface area (Å²) in [6, 6.07) is 11.4. The van der Waals surface area contributed by atoms with Crippen LogP contribution in [-0.4, -0.2) is 69.5 Å². The van der Waals surface area contributed by atoms with Crippen molar-refractivity contribution >= 4 is 9.70 Å². The second-order valence-corrected chi connectivity index (χ2v) is 11.6. The van der Waals surface area contributed by atoms with E-state index in [9.17, 15) is 14.0 Å². The molecular formula is C28H35FIN3O3-. The molecule has 2 fully saturated rings. The average Bonchev–Trinajstić information content (AvgIpc) is 2.87. The van der Waals surface area contributed by atoms with Crippen LogP contribution in [-0.2, 0) is 4.79 Å². The number of piperidine rings is 2. The lowest BCUT2D eigenvalue weighted by atomic mass is 9.97. The van der Waals surface area contributed by atoms with Gasteiger partial charge in [0.2, 0.25) is 0 Å². The molecule has 0 atom stereocenters. The lowest BCUT2D eigenvalue weighted by molar-refractivity contribution is -0.312. The molecule has 2 saturated heterocycles. The van der Waals surface area contributed by atoms with Crippen molar-refractivity contribution in [2.45, 2.75) is 45.2 Å². The summed E-state index contributed by atoms with van der Waals surface area (Å²) in [6.45, 7) is 7.47. The number of ether oxygens (including phenoxy) is 1. The number of carbonyl (C=O) groups is 2. The van der Waals surface area contributed by atoms with Gasteiger partial charge in [0.15, 0.2) is 0 Å². The summed E-state index contributed by atoms with van der Waals surface area (Å²) in [5.41, 5.74) is 1.26. The molecule has 2 aromatic rings. The number of likely N-dealkylation sites (tertiary alicyclic amines) is 2. The van der Waals surface area contributed by atoms with Gasteiger partial charge in [-0.05, 0) is 92.5 Å². The minimum atomic E-state index is -1.15. The predicted molar refractivity (Wildman–Crippen MR) is 133 cm³/mol. The van der Waals surface area contributed by atoms with Gasteiger partial charge in [-0.3, -0.25) is 9.78 Å². The summed E-state index contributed by atoms with van der Waals surface area (Å²) >= 11 is 1.86. The third-order valence-corrected chi connectivity index (χ3v) is 7.94. The highest BCUT2D eigenvalue weighted by molar-refractivity contribution is 5.94. The van der Waals surface area contributed by atoms with Gasteiger partial charge in [-0.2, -0.15) is 0 Å². The van der Waals surface area contributed by atoms with E-state index in [0.29, 0.717) is 37.7 Å². The molecule has 0 spiro atoms. The van der Waals surface area contributed by atoms with Crippen molar-refractivity contribution in [3.8, 4) is 17.0 Å². The Morgan fingerprint density at radius 1 is 1.03 bits per heavy atom. The molecule has 4 rings (SSSR count). The molecule has 3 heterocycles. The molecule has 0 unspecified atom stereocenters. The Morgan fingerprint density at radius 3 is 2.25 bits per heavy atom. The lowest BCUT2D eigenvalue weighted by Crippen LogP contribution is -3.38. The van der Waals surface area contributed by atoms with Crippen LogP contribution in [0.1, 0.15) is 49.9 Å². The molecule has 195 valence electrons. The van der Waals surface area contributed by atoms with Crippen molar-refractivity contribution in [1.29, 1.82) is 0 Å². The molecule has 2 aliphatic heterocycles. The van der Waals surface area contributed by atoms with E-state index in [-0.39, 0.29) is 15.6 Å². The van der Waals surface area contributed by atoms with E-state index < -0.39 is 5.67 Å². The lowest BCUT2D eigenvalue weighted by Gasteiger charge is -2.34. The fourth-order valence-electron chi connectivity index (χ4n) is 4.97. The minimum absolute atomic E-state index is 0.0110. The number of pyridine rings is 1. The van der Waals surface area contributed by atoms with Crippen molar-refractivity contribution in [1.82, 2.24) is 14.8 Å². The predicted octanol–water partition coefficient (Wildman–Crippen LogP) is 1.52. The van der Waals surface area contributed by atoms with Crippen molar-refractivity contribution in [2.24, 2.45) is 11.8 Å². The number of aromatic nitrogens is 1. The van der Waals surface area contributed by atoms with Crippen LogP contribution < -0.4 is 27.3 Å². The van der Waals surface area contributed by atoms with E-state index in [1.54, 1.807) is 20.0 Å². The van der Waals surface area contributed by atoms with Crippen LogP contribution >= 0.6 is 0 Å². The zero-order chi connectivity index (χ0) is 25.7. The SMILES string of the molecule is CC(C)(F)CN1CCC(COc2ccc(-c3ccc(C(=O)N4CCC(C(=O)[I-])CC4)cc3)nc2)CC1. The molecule has 2 aliphatic rings. The van der Waals surface area contributed by atoms with E-state index in [1.807, 2.05) is 63.9 Å². The topological polar surface area (TPSA) is 62.7 Å². The van der Waals surface area contributed by atoms with Gasteiger partial charge in [0.05, 0.1) is 18.5 Å². The minimum Gasteiger partial charge on any atom is -0.715 e. The first-order valence-electron chi connectivity index (χ1n) is 12.8. The standard InChI is InChI=1S/C28H35FIN3O3/c1-28(2,29)19-32-13-9-20(10-14-32)18-36-24-7-8-25(31-17-24)21-3-5-23(6-4-21)27(35)33-15-11-22(12-16-33)26(30)34/h3-8,17,20,22H,9-16,18-19H2,1-2H3/q-1. The molecule has 1 aromatic heterocycles. The Hall–Kier alpha value is -2.07. The normalized spacial score (nSPS) is 18.3. The van der Waals surface area contributed by atoms with E-state index in [2.05, 4.69) is 9.88 Å². The zero-order valence-electron chi connectivity index (χ0n) is 21.1. The van der Waals surface area contributed by atoms with Crippen LogP contribution in [0.2, 0.25) is 0 Å². The van der Waals surface area contributed by atoms with Gasteiger partial charge in [-0.15, -0.1) is 0 Å². The fraction of sp³-hybridized carbons (Fsp3) is 0.536. The first kappa shape index (κ1) is 27.0. The highest BCUT2D eigenvalue weighted by Crippen LogP contribution is 2.24. The van der Waals surface area contributed by atoms with Gasteiger partial charge in [0.25, 0.3) is 5.91 Å². The number of benzene rings is 1. The molecule has 0 bridgehead atoms. The van der Waals surface area contributed by atoms with Gasteiger partial charge >= 0.3 is 0 Å². The number of amides is 1. The molecule has 8 heteroatoms. The summed E-state index contributed by atoms with van der Waals surface area (Å²) in [6.07, 6.45) is 5.25. The molecule has 36 heavy (non-hydrogen) atoms. The van der Waals surface area contributed by atoms with Gasteiger partial charge in [0, 0.05) is 30.8 Å². The zero-order valence-corrected chi connectivity index (χ0v) is 23.2. The van der Waals surface area contributed by atoms with Crippen molar-refractivity contribution < 1.29 is 41.3 Å². The van der Waals surface area contributed by atoms with E-state index >= 15 is 0 Å². The van der Waals surface area contributed by atoms with Crippen LogP contribution in [0.3, 0.4) is 0 Å². The third kappa shape index (κ3) is 7.47. The molecular weight excluding hydrogens is 572 g/mol. The summed E-state index contributed by atoms with van der Waals surface area (Å²) in [7, 11) is 0. The maximum atomic E-state index is 13.9. The van der Waals surface area contributed by atoms with Crippen molar-refractivity contribution in [3.05, 3.63) is 48.2 Å². The third-order valence-electron chi connectivity index (χ3n) is 7.06. The number of hydrogen-bond donors (Lipinski definition) is 0. The summed E-state index contributed by atoms with van der Waals surface area (Å²) in [4.78, 5) is 33.0. The second kappa shape index (κ2) is 12.0. The Labute approximate surface area is 226 Å². The molecule has 1 aromatic carbocycles. The van der Waals surface area contributed by atoms with Gasteiger partial charge < -0.3 is 41.9 Å². The first-order valence-corrected chi connectivity index (χ1v) is 13.8. The first-order chi connectivity index (χ1) is 17.2. The quantitative estimate of drug-likeness (QED) is 0.337. The Kier molecular flexibility index (Phi) is 8.98. The Bertz CT molecular complexity index is 1020. The fourth-order valence-corrected chi connectivity index (χ4v) is 5.59. The summed E-state index contributed by atoms with van der Waals surface area (Å²) < 4.78 is 20.0. The van der Waals surface area contributed by atoms with Gasteiger partial charge in [-0.1, -0.05) is 12.1 Å².